The number of hydrogen-bond donors (Lipinski definition) is 0. The highest BCUT2D eigenvalue weighted by Gasteiger charge is 2.62. The summed E-state index contributed by atoms with van der Waals surface area (Å²) in [4.78, 5) is 18.6. The van der Waals surface area contributed by atoms with Gasteiger partial charge in [0.25, 0.3) is 5.91 Å². The van der Waals surface area contributed by atoms with Gasteiger partial charge >= 0.3 is 0 Å². The van der Waals surface area contributed by atoms with Crippen molar-refractivity contribution in [3.8, 4) is 0 Å². The molecule has 3 aromatic carbocycles. The number of nitrogens with zero attached hydrogens (tertiary/aromatic N) is 2. The summed E-state index contributed by atoms with van der Waals surface area (Å²) < 4.78 is 0. The predicted octanol–water partition coefficient (Wildman–Crippen LogP) is 7.23. The molecule has 3 nitrogen and oxygen atoms in total. The summed E-state index contributed by atoms with van der Waals surface area (Å²) in [5.41, 5.74) is 6.44. The summed E-state index contributed by atoms with van der Waals surface area (Å²) in [6.45, 7) is 10.8. The van der Waals surface area contributed by atoms with Crippen LogP contribution in [0.2, 0.25) is 0 Å². The minimum absolute atomic E-state index is 0.185. The van der Waals surface area contributed by atoms with E-state index in [1.165, 1.54) is 36.8 Å². The quantitative estimate of drug-likeness (QED) is 0.364. The van der Waals surface area contributed by atoms with E-state index < -0.39 is 0 Å². The average Bonchev–Trinajstić information content (AvgIpc) is 3.72. The smallest absolute Gasteiger partial charge is 0.254 e. The predicted molar refractivity (Wildman–Crippen MR) is 156 cm³/mol. The molecule has 2 aliphatic heterocycles. The summed E-state index contributed by atoms with van der Waals surface area (Å²) in [5, 5.41) is 0. The summed E-state index contributed by atoms with van der Waals surface area (Å²) in [6.07, 6.45) is 6.03. The van der Waals surface area contributed by atoms with Crippen molar-refractivity contribution < 1.29 is 4.79 Å². The van der Waals surface area contributed by atoms with Crippen molar-refractivity contribution in [2.45, 2.75) is 64.3 Å². The standard InChI is InChI=1S/C35H42N2O/c1-26-11-10-12-27(2)31(26)33(38)36-24-21-34(3,35(25-36)19-20-35)37-22-17-30(18-23-37)32(28-13-6-4-7-14-28)29-15-8-5-9-16-29/h4-16,30,32H,17-25H2,1-3H3. The van der Waals surface area contributed by atoms with Gasteiger partial charge in [-0.05, 0) is 94.1 Å². The SMILES string of the molecule is Cc1cccc(C)c1C(=O)N1CCC(C)(N2CCC(C(c3ccccc3)c3ccccc3)CC2)C2(CC2)C1. The van der Waals surface area contributed by atoms with Gasteiger partial charge in [0.15, 0.2) is 0 Å². The molecule has 6 rings (SSSR count). The van der Waals surface area contributed by atoms with Gasteiger partial charge in [-0.3, -0.25) is 9.69 Å². The first kappa shape index (κ1) is 25.4. The third-order valence-electron chi connectivity index (χ3n) is 10.4. The number of amides is 1. The van der Waals surface area contributed by atoms with Crippen LogP contribution in [-0.4, -0.2) is 47.4 Å². The second-order valence-electron chi connectivity index (χ2n) is 12.4. The maximum atomic E-state index is 13.6. The molecule has 1 aliphatic carbocycles. The van der Waals surface area contributed by atoms with Crippen LogP contribution < -0.4 is 0 Å². The van der Waals surface area contributed by atoms with Gasteiger partial charge in [0.2, 0.25) is 0 Å². The van der Waals surface area contributed by atoms with E-state index in [1.54, 1.807) is 0 Å². The fraction of sp³-hybridized carbons (Fsp3) is 0.457. The zero-order valence-corrected chi connectivity index (χ0v) is 23.3. The molecule has 1 atom stereocenters. The van der Waals surface area contributed by atoms with E-state index in [0.717, 1.165) is 49.3 Å². The molecule has 3 fully saturated rings. The second kappa shape index (κ2) is 10.0. The normalized spacial score (nSPS) is 23.6. The lowest BCUT2D eigenvalue weighted by Gasteiger charge is -2.55. The number of likely N-dealkylation sites (tertiary alicyclic amines) is 2. The van der Waals surface area contributed by atoms with Crippen LogP contribution in [-0.2, 0) is 0 Å². The van der Waals surface area contributed by atoms with Crippen LogP contribution in [0.25, 0.3) is 0 Å². The first-order valence-corrected chi connectivity index (χ1v) is 14.6. The van der Waals surface area contributed by atoms with E-state index in [4.69, 9.17) is 0 Å². The molecule has 0 bridgehead atoms. The summed E-state index contributed by atoms with van der Waals surface area (Å²) in [7, 11) is 0. The Hall–Kier alpha value is -2.91. The number of rotatable bonds is 5. The van der Waals surface area contributed by atoms with E-state index in [-0.39, 0.29) is 16.9 Å². The zero-order valence-electron chi connectivity index (χ0n) is 23.3. The van der Waals surface area contributed by atoms with Crippen LogP contribution in [0.3, 0.4) is 0 Å². The van der Waals surface area contributed by atoms with Gasteiger partial charge in [-0.1, -0.05) is 78.9 Å². The van der Waals surface area contributed by atoms with Crippen LogP contribution >= 0.6 is 0 Å². The Morgan fingerprint density at radius 2 is 1.32 bits per heavy atom. The highest BCUT2D eigenvalue weighted by atomic mass is 16.2. The van der Waals surface area contributed by atoms with Gasteiger partial charge in [0.1, 0.15) is 0 Å². The molecule has 1 saturated carbocycles. The third kappa shape index (κ3) is 4.39. The van der Waals surface area contributed by atoms with Crippen molar-refractivity contribution in [1.29, 1.82) is 0 Å². The summed E-state index contributed by atoms with van der Waals surface area (Å²) in [5.74, 6) is 1.35. The highest BCUT2D eigenvalue weighted by molar-refractivity contribution is 5.97. The number of carbonyl (C=O) groups excluding carboxylic acids is 1. The molecule has 0 radical (unpaired) electrons. The van der Waals surface area contributed by atoms with Gasteiger partial charge in [-0.2, -0.15) is 0 Å². The molecule has 2 saturated heterocycles. The van der Waals surface area contributed by atoms with Crippen LogP contribution in [0.15, 0.2) is 78.9 Å². The Morgan fingerprint density at radius 3 is 1.84 bits per heavy atom. The summed E-state index contributed by atoms with van der Waals surface area (Å²) in [6, 6.07) is 28.5. The molecular weight excluding hydrogens is 464 g/mol. The maximum Gasteiger partial charge on any atom is 0.254 e. The lowest BCUT2D eigenvalue weighted by atomic mass is 9.71. The number of carbonyl (C=O) groups is 1. The topological polar surface area (TPSA) is 23.6 Å². The monoisotopic (exact) mass is 506 g/mol. The van der Waals surface area contributed by atoms with E-state index in [9.17, 15) is 4.79 Å². The van der Waals surface area contributed by atoms with E-state index in [1.807, 2.05) is 0 Å². The van der Waals surface area contributed by atoms with Crippen molar-refractivity contribution in [2.24, 2.45) is 11.3 Å². The van der Waals surface area contributed by atoms with Crippen LogP contribution in [0, 0.1) is 25.2 Å². The molecule has 3 aliphatic rings. The van der Waals surface area contributed by atoms with E-state index in [2.05, 4.69) is 109 Å². The van der Waals surface area contributed by atoms with Crippen LogP contribution in [0.5, 0.6) is 0 Å². The average molecular weight is 507 g/mol. The first-order chi connectivity index (χ1) is 18.4. The second-order valence-corrected chi connectivity index (χ2v) is 12.4. The molecule has 0 N–H and O–H groups in total. The minimum atomic E-state index is 0.185. The number of hydrogen-bond acceptors (Lipinski definition) is 2. The van der Waals surface area contributed by atoms with Gasteiger partial charge in [0.05, 0.1) is 0 Å². The van der Waals surface area contributed by atoms with E-state index in [0.29, 0.717) is 11.8 Å². The highest BCUT2D eigenvalue weighted by Crippen LogP contribution is 2.60. The van der Waals surface area contributed by atoms with Crippen molar-refractivity contribution in [1.82, 2.24) is 9.80 Å². The van der Waals surface area contributed by atoms with Crippen molar-refractivity contribution in [3.05, 3.63) is 107 Å². The summed E-state index contributed by atoms with van der Waals surface area (Å²) >= 11 is 0. The Kier molecular flexibility index (Phi) is 6.68. The van der Waals surface area contributed by atoms with Gasteiger partial charge < -0.3 is 4.90 Å². The molecular formula is C35H42N2O. The van der Waals surface area contributed by atoms with Crippen molar-refractivity contribution in [2.75, 3.05) is 26.2 Å². The Labute approximate surface area is 228 Å². The Balaban J connectivity index is 1.17. The van der Waals surface area contributed by atoms with Gasteiger partial charge in [-0.15, -0.1) is 0 Å². The molecule has 1 unspecified atom stereocenters. The molecule has 2 heterocycles. The van der Waals surface area contributed by atoms with Crippen molar-refractivity contribution >= 4 is 5.91 Å². The maximum absolute atomic E-state index is 13.6. The fourth-order valence-corrected chi connectivity index (χ4v) is 7.84. The first-order valence-electron chi connectivity index (χ1n) is 14.6. The van der Waals surface area contributed by atoms with Gasteiger partial charge in [0, 0.05) is 35.5 Å². The molecule has 1 spiro atoms. The minimum Gasteiger partial charge on any atom is -0.338 e. The van der Waals surface area contributed by atoms with Crippen molar-refractivity contribution in [3.63, 3.8) is 0 Å². The zero-order chi connectivity index (χ0) is 26.3. The molecule has 198 valence electrons. The lowest BCUT2D eigenvalue weighted by molar-refractivity contribution is -0.0421. The third-order valence-corrected chi connectivity index (χ3v) is 10.4. The van der Waals surface area contributed by atoms with Crippen LogP contribution in [0.4, 0.5) is 0 Å². The number of aryl methyl sites for hydroxylation is 2. The van der Waals surface area contributed by atoms with Crippen LogP contribution in [0.1, 0.15) is 77.6 Å². The molecule has 38 heavy (non-hydrogen) atoms. The Morgan fingerprint density at radius 1 is 0.763 bits per heavy atom. The Bertz CT molecular complexity index is 1210. The molecule has 3 aromatic rings. The molecule has 0 aromatic heterocycles. The largest absolute Gasteiger partial charge is 0.338 e. The number of piperidine rings is 2. The van der Waals surface area contributed by atoms with E-state index >= 15 is 0 Å². The number of benzene rings is 3. The molecule has 3 heteroatoms. The molecule has 1 amide bonds. The fourth-order valence-electron chi connectivity index (χ4n) is 7.84. The van der Waals surface area contributed by atoms with Gasteiger partial charge in [-0.25, -0.2) is 0 Å². The lowest BCUT2D eigenvalue weighted by Crippen LogP contribution is -2.63.